The van der Waals surface area contributed by atoms with Crippen molar-refractivity contribution in [2.75, 3.05) is 18.6 Å². The maximum absolute atomic E-state index is 11.6. The summed E-state index contributed by atoms with van der Waals surface area (Å²) in [6.07, 6.45) is 2.19. The number of hydrogen-bond acceptors (Lipinski definition) is 5. The van der Waals surface area contributed by atoms with Gasteiger partial charge in [0.2, 0.25) is 11.8 Å². The number of aliphatic carboxylic acids is 1. The first-order valence-corrected chi connectivity index (χ1v) is 7.73. The lowest BCUT2D eigenvalue weighted by atomic mass is 10.1. The zero-order valence-electron chi connectivity index (χ0n) is 12.0. The van der Waals surface area contributed by atoms with Gasteiger partial charge in [-0.25, -0.2) is 4.79 Å². The Morgan fingerprint density at radius 3 is 2.35 bits per heavy atom. The minimum Gasteiger partial charge on any atom is -0.480 e. The molecule has 20 heavy (non-hydrogen) atoms. The van der Waals surface area contributed by atoms with Crippen LogP contribution in [0.5, 0.6) is 0 Å². The topological polar surface area (TPSA) is 122 Å². The second kappa shape index (κ2) is 9.60. The zero-order chi connectivity index (χ0) is 15.7. The zero-order valence-corrected chi connectivity index (χ0v) is 12.8. The van der Waals surface area contributed by atoms with Gasteiger partial charge in [0, 0.05) is 0 Å². The number of nitrogens with two attached hydrogens (primary N) is 1. The van der Waals surface area contributed by atoms with Crippen molar-refractivity contribution in [3.8, 4) is 0 Å². The molecule has 0 saturated heterocycles. The van der Waals surface area contributed by atoms with Gasteiger partial charge in [-0.1, -0.05) is 13.8 Å². The van der Waals surface area contributed by atoms with Crippen LogP contribution in [0.4, 0.5) is 0 Å². The Labute approximate surface area is 123 Å². The van der Waals surface area contributed by atoms with Crippen LogP contribution in [0.3, 0.4) is 0 Å². The molecule has 0 aromatic rings. The number of nitrogens with one attached hydrogen (secondary N) is 2. The highest BCUT2D eigenvalue weighted by atomic mass is 32.2. The summed E-state index contributed by atoms with van der Waals surface area (Å²) in [5.74, 6) is -1.46. The van der Waals surface area contributed by atoms with Gasteiger partial charge < -0.3 is 21.5 Å². The van der Waals surface area contributed by atoms with E-state index >= 15 is 0 Å². The van der Waals surface area contributed by atoms with Crippen LogP contribution in [0.1, 0.15) is 20.3 Å². The normalized spacial score (nSPS) is 13.7. The number of carbonyl (C=O) groups excluding carboxylic acids is 2. The molecule has 0 bridgehead atoms. The molecule has 2 amide bonds. The van der Waals surface area contributed by atoms with Crippen LogP contribution in [0.15, 0.2) is 0 Å². The molecule has 116 valence electrons. The summed E-state index contributed by atoms with van der Waals surface area (Å²) in [5.41, 5.74) is 5.62. The largest absolute Gasteiger partial charge is 0.480 e. The van der Waals surface area contributed by atoms with Gasteiger partial charge in [-0.15, -0.1) is 0 Å². The first-order valence-electron chi connectivity index (χ1n) is 6.34. The molecule has 5 N–H and O–H groups in total. The Morgan fingerprint density at radius 1 is 1.30 bits per heavy atom. The van der Waals surface area contributed by atoms with Gasteiger partial charge in [0.1, 0.15) is 6.04 Å². The predicted octanol–water partition coefficient (Wildman–Crippen LogP) is -0.592. The van der Waals surface area contributed by atoms with Crippen molar-refractivity contribution in [1.29, 1.82) is 0 Å². The van der Waals surface area contributed by atoms with Crippen LogP contribution in [0.2, 0.25) is 0 Å². The molecule has 0 aliphatic rings. The van der Waals surface area contributed by atoms with E-state index in [0.29, 0.717) is 12.2 Å². The minimum absolute atomic E-state index is 0.0357. The summed E-state index contributed by atoms with van der Waals surface area (Å²) in [5, 5.41) is 13.7. The van der Waals surface area contributed by atoms with Crippen molar-refractivity contribution < 1.29 is 19.5 Å². The van der Waals surface area contributed by atoms with Crippen molar-refractivity contribution in [1.82, 2.24) is 10.6 Å². The van der Waals surface area contributed by atoms with E-state index in [4.69, 9.17) is 10.8 Å². The Bertz CT molecular complexity index is 350. The van der Waals surface area contributed by atoms with Gasteiger partial charge >= 0.3 is 5.97 Å². The van der Waals surface area contributed by atoms with E-state index in [1.165, 1.54) is 11.8 Å². The first-order chi connectivity index (χ1) is 9.29. The van der Waals surface area contributed by atoms with Gasteiger partial charge in [-0.05, 0) is 24.3 Å². The minimum atomic E-state index is -1.09. The summed E-state index contributed by atoms with van der Waals surface area (Å²) in [4.78, 5) is 34.1. The van der Waals surface area contributed by atoms with Gasteiger partial charge in [0.25, 0.3) is 0 Å². The third kappa shape index (κ3) is 7.34. The fraction of sp³-hybridized carbons (Fsp3) is 0.750. The van der Waals surface area contributed by atoms with E-state index in [0.717, 1.165) is 0 Å². The summed E-state index contributed by atoms with van der Waals surface area (Å²) in [6, 6.07) is -1.62. The molecule has 7 nitrogen and oxygen atoms in total. The summed E-state index contributed by atoms with van der Waals surface area (Å²) >= 11 is 1.50. The average molecular weight is 305 g/mol. The van der Waals surface area contributed by atoms with Crippen LogP contribution in [0.25, 0.3) is 0 Å². The lowest BCUT2D eigenvalue weighted by molar-refractivity contribution is -0.141. The molecule has 0 spiro atoms. The number of carboxylic acids is 1. The molecule has 0 aromatic carbocycles. The quantitative estimate of drug-likeness (QED) is 0.452. The summed E-state index contributed by atoms with van der Waals surface area (Å²) in [7, 11) is 0. The SMILES string of the molecule is CSCCC(NC(=O)CNC(=O)C(N)C(C)C)C(=O)O. The molecule has 0 saturated carbocycles. The van der Waals surface area contributed by atoms with E-state index in [2.05, 4.69) is 10.6 Å². The molecule has 0 radical (unpaired) electrons. The number of thioether (sulfide) groups is 1. The van der Waals surface area contributed by atoms with Crippen molar-refractivity contribution in [2.24, 2.45) is 11.7 Å². The van der Waals surface area contributed by atoms with Crippen LogP contribution in [0, 0.1) is 5.92 Å². The highest BCUT2D eigenvalue weighted by Crippen LogP contribution is 2.01. The molecule has 0 rings (SSSR count). The molecule has 2 unspecified atom stereocenters. The molecule has 0 aliphatic heterocycles. The van der Waals surface area contributed by atoms with Crippen LogP contribution >= 0.6 is 11.8 Å². The molecule has 8 heteroatoms. The van der Waals surface area contributed by atoms with Gasteiger partial charge in [-0.3, -0.25) is 9.59 Å². The second-order valence-corrected chi connectivity index (χ2v) is 5.71. The molecular formula is C12H23N3O4S. The third-order valence-corrected chi connectivity index (χ3v) is 3.33. The van der Waals surface area contributed by atoms with Gasteiger partial charge in [0.05, 0.1) is 12.6 Å². The van der Waals surface area contributed by atoms with E-state index in [1.807, 2.05) is 6.26 Å². The maximum atomic E-state index is 11.6. The fourth-order valence-corrected chi connectivity index (χ4v) is 1.80. The van der Waals surface area contributed by atoms with E-state index in [9.17, 15) is 14.4 Å². The smallest absolute Gasteiger partial charge is 0.326 e. The van der Waals surface area contributed by atoms with Gasteiger partial charge in [-0.2, -0.15) is 11.8 Å². The Balaban J connectivity index is 4.20. The number of hydrogen-bond donors (Lipinski definition) is 4. The number of amides is 2. The van der Waals surface area contributed by atoms with Crippen molar-refractivity contribution >= 4 is 29.5 Å². The predicted molar refractivity (Wildman–Crippen MR) is 78.4 cm³/mol. The van der Waals surface area contributed by atoms with Crippen LogP contribution in [-0.4, -0.2) is 53.5 Å². The van der Waals surface area contributed by atoms with Crippen LogP contribution in [-0.2, 0) is 14.4 Å². The summed E-state index contributed by atoms with van der Waals surface area (Å²) in [6.45, 7) is 3.32. The van der Waals surface area contributed by atoms with Crippen LogP contribution < -0.4 is 16.4 Å². The number of carbonyl (C=O) groups is 3. The van der Waals surface area contributed by atoms with E-state index < -0.39 is 29.9 Å². The molecular weight excluding hydrogens is 282 g/mol. The third-order valence-electron chi connectivity index (χ3n) is 2.69. The summed E-state index contributed by atoms with van der Waals surface area (Å²) < 4.78 is 0. The van der Waals surface area contributed by atoms with Crippen molar-refractivity contribution in [3.63, 3.8) is 0 Å². The Morgan fingerprint density at radius 2 is 1.90 bits per heavy atom. The molecule has 0 aromatic heterocycles. The first kappa shape index (κ1) is 18.7. The van der Waals surface area contributed by atoms with Crippen molar-refractivity contribution in [3.05, 3.63) is 0 Å². The number of rotatable bonds is 9. The maximum Gasteiger partial charge on any atom is 0.326 e. The standard InChI is InChI=1S/C12H23N3O4S/c1-7(2)10(13)11(17)14-6-9(16)15-8(12(18)19)4-5-20-3/h7-8,10H,4-6,13H2,1-3H3,(H,14,17)(H,15,16)(H,18,19). The lowest BCUT2D eigenvalue weighted by Crippen LogP contribution is -2.49. The molecule has 2 atom stereocenters. The monoisotopic (exact) mass is 305 g/mol. The highest BCUT2D eigenvalue weighted by molar-refractivity contribution is 7.98. The van der Waals surface area contributed by atoms with E-state index in [1.54, 1.807) is 13.8 Å². The molecule has 0 aliphatic carbocycles. The molecule has 0 fully saturated rings. The van der Waals surface area contributed by atoms with Crippen molar-refractivity contribution in [2.45, 2.75) is 32.4 Å². The lowest BCUT2D eigenvalue weighted by Gasteiger charge is -2.17. The molecule has 0 heterocycles. The van der Waals surface area contributed by atoms with Gasteiger partial charge in [0.15, 0.2) is 0 Å². The Kier molecular flexibility index (Phi) is 8.98. The van der Waals surface area contributed by atoms with E-state index in [-0.39, 0.29) is 12.5 Å². The Hall–Kier alpha value is -1.28. The second-order valence-electron chi connectivity index (χ2n) is 4.73. The highest BCUT2D eigenvalue weighted by Gasteiger charge is 2.21. The number of carboxylic acid groups (broad SMARTS) is 1. The average Bonchev–Trinajstić information content (AvgIpc) is 2.39. The fourth-order valence-electron chi connectivity index (χ4n) is 1.33.